The molecular formula is C22H20N2OS. The van der Waals surface area contributed by atoms with E-state index in [0.717, 1.165) is 28.3 Å². The SMILES string of the molecule is C=C(c1ccccc1)N1NC(c2ccc(OC)cc2)=CC1c1cccs1. The van der Waals surface area contributed by atoms with E-state index < -0.39 is 0 Å². The van der Waals surface area contributed by atoms with Crippen molar-refractivity contribution in [3.8, 4) is 5.75 Å². The van der Waals surface area contributed by atoms with Crippen LogP contribution in [0.5, 0.6) is 5.75 Å². The van der Waals surface area contributed by atoms with Gasteiger partial charge in [-0.05, 0) is 52.9 Å². The van der Waals surface area contributed by atoms with Crippen LogP contribution in [0.15, 0.2) is 84.8 Å². The molecule has 1 aliphatic heterocycles. The molecule has 0 aliphatic carbocycles. The number of nitrogens with one attached hydrogen (secondary N) is 1. The first kappa shape index (κ1) is 16.5. The summed E-state index contributed by atoms with van der Waals surface area (Å²) in [5.41, 5.74) is 7.79. The summed E-state index contributed by atoms with van der Waals surface area (Å²) in [7, 11) is 1.68. The maximum atomic E-state index is 5.27. The van der Waals surface area contributed by atoms with Gasteiger partial charge in [-0.1, -0.05) is 43.0 Å². The third kappa shape index (κ3) is 3.11. The monoisotopic (exact) mass is 360 g/mol. The second kappa shape index (κ2) is 7.10. The van der Waals surface area contributed by atoms with Crippen LogP contribution in [-0.2, 0) is 0 Å². The van der Waals surface area contributed by atoms with Crippen LogP contribution in [0.1, 0.15) is 22.0 Å². The average molecular weight is 360 g/mol. The van der Waals surface area contributed by atoms with Crippen LogP contribution in [0, 0.1) is 0 Å². The topological polar surface area (TPSA) is 24.5 Å². The van der Waals surface area contributed by atoms with Crippen molar-refractivity contribution in [2.45, 2.75) is 6.04 Å². The Morgan fingerprint density at radius 2 is 1.81 bits per heavy atom. The minimum atomic E-state index is 0.111. The van der Waals surface area contributed by atoms with Crippen molar-refractivity contribution in [1.82, 2.24) is 10.4 Å². The Kier molecular flexibility index (Phi) is 4.50. The molecule has 0 bridgehead atoms. The standard InChI is InChI=1S/C22H20N2OS/c1-16(17-7-4-3-5-8-17)24-21(22-9-6-14-26-22)15-20(23-24)18-10-12-19(25-2)13-11-18/h3-15,21,23H,1H2,2H3. The van der Waals surface area contributed by atoms with E-state index in [1.165, 1.54) is 4.88 Å². The summed E-state index contributed by atoms with van der Waals surface area (Å²) >= 11 is 1.75. The third-order valence-corrected chi connectivity index (χ3v) is 5.42. The molecule has 1 N–H and O–H groups in total. The molecule has 0 radical (unpaired) electrons. The van der Waals surface area contributed by atoms with Crippen LogP contribution >= 0.6 is 11.3 Å². The molecule has 26 heavy (non-hydrogen) atoms. The molecule has 1 atom stereocenters. The fraction of sp³-hybridized carbons (Fsp3) is 0.0909. The molecule has 4 heteroatoms. The van der Waals surface area contributed by atoms with E-state index in [4.69, 9.17) is 4.74 Å². The number of methoxy groups -OCH3 is 1. The van der Waals surface area contributed by atoms with E-state index in [2.05, 4.69) is 64.9 Å². The molecule has 0 saturated carbocycles. The Bertz CT molecular complexity index is 915. The molecule has 130 valence electrons. The summed E-state index contributed by atoms with van der Waals surface area (Å²) in [6.45, 7) is 4.34. The molecule has 0 spiro atoms. The molecular weight excluding hydrogens is 340 g/mol. The molecule has 3 nitrogen and oxygen atoms in total. The van der Waals surface area contributed by atoms with Crippen LogP contribution < -0.4 is 10.2 Å². The van der Waals surface area contributed by atoms with Gasteiger partial charge in [-0.3, -0.25) is 10.4 Å². The minimum Gasteiger partial charge on any atom is -0.497 e. The van der Waals surface area contributed by atoms with Gasteiger partial charge in [0.2, 0.25) is 0 Å². The number of thiophene rings is 1. The largest absolute Gasteiger partial charge is 0.497 e. The summed E-state index contributed by atoms with van der Waals surface area (Å²) in [4.78, 5) is 1.28. The van der Waals surface area contributed by atoms with Crippen molar-refractivity contribution in [3.63, 3.8) is 0 Å². The Hall–Kier alpha value is -2.98. The first-order valence-electron chi connectivity index (χ1n) is 8.46. The van der Waals surface area contributed by atoms with Gasteiger partial charge in [-0.25, -0.2) is 0 Å². The second-order valence-electron chi connectivity index (χ2n) is 6.06. The van der Waals surface area contributed by atoms with Crippen molar-refractivity contribution in [3.05, 3.63) is 101 Å². The van der Waals surface area contributed by atoms with Gasteiger partial charge in [-0.15, -0.1) is 11.3 Å². The number of hydrogen-bond acceptors (Lipinski definition) is 4. The molecule has 1 aromatic heterocycles. The zero-order valence-electron chi connectivity index (χ0n) is 14.6. The first-order chi connectivity index (χ1) is 12.8. The number of hydrogen-bond donors (Lipinski definition) is 1. The molecule has 0 saturated heterocycles. The van der Waals surface area contributed by atoms with Crippen LogP contribution in [0.4, 0.5) is 0 Å². The van der Waals surface area contributed by atoms with Crippen LogP contribution in [-0.4, -0.2) is 12.1 Å². The number of rotatable bonds is 5. The predicted molar refractivity (Wildman–Crippen MR) is 108 cm³/mol. The predicted octanol–water partition coefficient (Wildman–Crippen LogP) is 5.33. The lowest BCUT2D eigenvalue weighted by atomic mass is 10.1. The number of nitrogens with zero attached hydrogens (tertiary/aromatic N) is 1. The Morgan fingerprint density at radius 3 is 2.46 bits per heavy atom. The van der Waals surface area contributed by atoms with E-state index in [1.807, 2.05) is 30.3 Å². The van der Waals surface area contributed by atoms with Crippen molar-refractivity contribution < 1.29 is 4.74 Å². The van der Waals surface area contributed by atoms with Gasteiger partial charge in [0.05, 0.1) is 18.5 Å². The zero-order valence-corrected chi connectivity index (χ0v) is 15.4. The van der Waals surface area contributed by atoms with Crippen molar-refractivity contribution in [2.75, 3.05) is 7.11 Å². The summed E-state index contributed by atoms with van der Waals surface area (Å²) in [6, 6.07) is 22.7. The summed E-state index contributed by atoms with van der Waals surface area (Å²) in [5, 5.41) is 4.25. The quantitative estimate of drug-likeness (QED) is 0.665. The Balaban J connectivity index is 1.67. The van der Waals surface area contributed by atoms with Gasteiger partial charge in [0.25, 0.3) is 0 Å². The molecule has 1 unspecified atom stereocenters. The van der Waals surface area contributed by atoms with Crippen molar-refractivity contribution >= 4 is 22.7 Å². The Morgan fingerprint density at radius 1 is 1.04 bits per heavy atom. The van der Waals surface area contributed by atoms with E-state index in [-0.39, 0.29) is 6.04 Å². The second-order valence-corrected chi connectivity index (χ2v) is 7.04. The van der Waals surface area contributed by atoms with Gasteiger partial charge in [0.15, 0.2) is 0 Å². The molecule has 0 amide bonds. The van der Waals surface area contributed by atoms with Gasteiger partial charge >= 0.3 is 0 Å². The molecule has 1 aliphatic rings. The van der Waals surface area contributed by atoms with Gasteiger partial charge in [0.1, 0.15) is 11.8 Å². The highest BCUT2D eigenvalue weighted by atomic mass is 32.1. The molecule has 3 aromatic rings. The Labute approximate surface area is 157 Å². The highest BCUT2D eigenvalue weighted by Gasteiger charge is 2.28. The van der Waals surface area contributed by atoms with Crippen molar-refractivity contribution in [1.29, 1.82) is 0 Å². The normalized spacial score (nSPS) is 16.1. The first-order valence-corrected chi connectivity index (χ1v) is 9.34. The van der Waals surface area contributed by atoms with E-state index in [9.17, 15) is 0 Å². The zero-order chi connectivity index (χ0) is 17.9. The molecule has 2 aromatic carbocycles. The van der Waals surface area contributed by atoms with Gasteiger partial charge in [0, 0.05) is 4.88 Å². The van der Waals surface area contributed by atoms with Crippen LogP contribution in [0.25, 0.3) is 11.4 Å². The highest BCUT2D eigenvalue weighted by molar-refractivity contribution is 7.10. The van der Waals surface area contributed by atoms with Crippen LogP contribution in [0.2, 0.25) is 0 Å². The van der Waals surface area contributed by atoms with Gasteiger partial charge < -0.3 is 4.74 Å². The molecule has 4 rings (SSSR count). The molecule has 0 fully saturated rings. The van der Waals surface area contributed by atoms with E-state index in [0.29, 0.717) is 0 Å². The third-order valence-electron chi connectivity index (χ3n) is 4.48. The lowest BCUT2D eigenvalue weighted by Crippen LogP contribution is -2.31. The summed E-state index contributed by atoms with van der Waals surface area (Å²) in [5.74, 6) is 0.854. The fourth-order valence-corrected chi connectivity index (χ4v) is 3.86. The summed E-state index contributed by atoms with van der Waals surface area (Å²) in [6.07, 6.45) is 2.25. The van der Waals surface area contributed by atoms with Gasteiger partial charge in [-0.2, -0.15) is 0 Å². The maximum Gasteiger partial charge on any atom is 0.118 e. The van der Waals surface area contributed by atoms with Crippen LogP contribution in [0.3, 0.4) is 0 Å². The lowest BCUT2D eigenvalue weighted by Gasteiger charge is -2.28. The maximum absolute atomic E-state index is 5.27. The number of benzene rings is 2. The number of ether oxygens (including phenoxy) is 1. The highest BCUT2D eigenvalue weighted by Crippen LogP contribution is 2.38. The van der Waals surface area contributed by atoms with E-state index >= 15 is 0 Å². The smallest absolute Gasteiger partial charge is 0.118 e. The van der Waals surface area contributed by atoms with Crippen molar-refractivity contribution in [2.24, 2.45) is 0 Å². The number of hydrazine groups is 1. The molecule has 2 heterocycles. The van der Waals surface area contributed by atoms with E-state index in [1.54, 1.807) is 18.4 Å². The lowest BCUT2D eigenvalue weighted by molar-refractivity contribution is 0.325. The fourth-order valence-electron chi connectivity index (χ4n) is 3.07. The summed E-state index contributed by atoms with van der Waals surface area (Å²) < 4.78 is 5.27. The average Bonchev–Trinajstić information content (AvgIpc) is 3.38. The minimum absolute atomic E-state index is 0.111.